The Morgan fingerprint density at radius 2 is 2.08 bits per heavy atom. The Morgan fingerprint density at radius 1 is 1.42 bits per heavy atom. The third kappa shape index (κ3) is 1.71. The molecule has 0 aliphatic carbocycles. The van der Waals surface area contributed by atoms with Crippen LogP contribution in [-0.4, -0.2) is 13.7 Å². The van der Waals surface area contributed by atoms with Crippen molar-refractivity contribution >= 4 is 9.84 Å². The van der Waals surface area contributed by atoms with Crippen LogP contribution in [0, 0.1) is 11.3 Å². The van der Waals surface area contributed by atoms with E-state index in [-0.39, 0.29) is 11.2 Å². The number of hydrogen-bond acceptors (Lipinski definition) is 2. The quantitative estimate of drug-likeness (QED) is 0.676. The van der Waals surface area contributed by atoms with Crippen LogP contribution in [0.4, 0.5) is 0 Å². The summed E-state index contributed by atoms with van der Waals surface area (Å²) in [6.07, 6.45) is 4.31. The second kappa shape index (κ2) is 3.60. The number of hydrogen-bond donors (Lipinski definition) is 0. The maximum Gasteiger partial charge on any atom is 0.182 e. The second-order valence-electron chi connectivity index (χ2n) is 3.23. The van der Waals surface area contributed by atoms with E-state index >= 15 is 0 Å². The lowest BCUT2D eigenvalue weighted by atomic mass is 9.99. The Kier molecular flexibility index (Phi) is 2.94. The van der Waals surface area contributed by atoms with Gasteiger partial charge in [0.05, 0.1) is 10.7 Å². The van der Waals surface area contributed by atoms with Gasteiger partial charge in [0.2, 0.25) is 0 Å². The molecule has 1 radical (unpaired) electrons. The predicted octanol–water partition coefficient (Wildman–Crippen LogP) is 1.93. The lowest BCUT2D eigenvalue weighted by Crippen LogP contribution is -2.21. The molecule has 0 bridgehead atoms. The van der Waals surface area contributed by atoms with Gasteiger partial charge in [0.15, 0.2) is 9.84 Å². The standard InChI is InChI=1S/C9H15O2S/c1-3-5-9-8(4-2)6-7-12(9,10)11/h6,8-9H,3-5H2,1-2H3. The summed E-state index contributed by atoms with van der Waals surface area (Å²) in [5, 5.41) is 2.29. The normalized spacial score (nSPS) is 32.5. The average Bonchev–Trinajstić information content (AvgIpc) is 2.29. The molecule has 1 aliphatic rings. The van der Waals surface area contributed by atoms with Crippen LogP contribution in [-0.2, 0) is 9.84 Å². The zero-order chi connectivity index (χ0) is 9.19. The molecule has 2 unspecified atom stereocenters. The van der Waals surface area contributed by atoms with Crippen molar-refractivity contribution in [3.63, 3.8) is 0 Å². The molecule has 1 aliphatic heterocycles. The van der Waals surface area contributed by atoms with Gasteiger partial charge in [-0.15, -0.1) is 0 Å². The SMILES string of the molecule is CCCC1C(CC)C=[C]S1(=O)=O. The van der Waals surface area contributed by atoms with Gasteiger partial charge in [-0.05, 0) is 18.8 Å². The van der Waals surface area contributed by atoms with Crippen LogP contribution < -0.4 is 0 Å². The van der Waals surface area contributed by atoms with Gasteiger partial charge in [0.25, 0.3) is 0 Å². The number of sulfone groups is 1. The fourth-order valence-electron chi connectivity index (χ4n) is 1.64. The average molecular weight is 187 g/mol. The molecule has 0 aromatic carbocycles. The van der Waals surface area contributed by atoms with Gasteiger partial charge in [-0.2, -0.15) is 0 Å². The molecular weight excluding hydrogens is 172 g/mol. The van der Waals surface area contributed by atoms with Gasteiger partial charge in [-0.3, -0.25) is 0 Å². The minimum Gasteiger partial charge on any atom is -0.223 e. The van der Waals surface area contributed by atoms with Crippen molar-refractivity contribution in [3.8, 4) is 0 Å². The lowest BCUT2D eigenvalue weighted by Gasteiger charge is -2.15. The van der Waals surface area contributed by atoms with Crippen molar-refractivity contribution in [1.29, 1.82) is 0 Å². The summed E-state index contributed by atoms with van der Waals surface area (Å²) in [5.41, 5.74) is 0. The molecule has 3 heteroatoms. The molecular formula is C9H15O2S. The first-order valence-corrected chi connectivity index (χ1v) is 6.01. The summed E-state index contributed by atoms with van der Waals surface area (Å²) < 4.78 is 22.8. The van der Waals surface area contributed by atoms with Crippen molar-refractivity contribution < 1.29 is 8.42 Å². The molecule has 0 aromatic heterocycles. The smallest absolute Gasteiger partial charge is 0.182 e. The van der Waals surface area contributed by atoms with E-state index in [2.05, 4.69) is 5.41 Å². The van der Waals surface area contributed by atoms with Crippen molar-refractivity contribution in [2.75, 3.05) is 0 Å². The lowest BCUT2D eigenvalue weighted by molar-refractivity contribution is 0.521. The summed E-state index contributed by atoms with van der Waals surface area (Å²) >= 11 is 0. The van der Waals surface area contributed by atoms with Crippen molar-refractivity contribution in [3.05, 3.63) is 11.5 Å². The molecule has 2 nitrogen and oxygen atoms in total. The maximum absolute atomic E-state index is 11.4. The summed E-state index contributed by atoms with van der Waals surface area (Å²) in [7, 11) is -3.02. The minimum absolute atomic E-state index is 0.188. The third-order valence-corrected chi connectivity index (χ3v) is 4.21. The zero-order valence-corrected chi connectivity index (χ0v) is 8.39. The molecule has 0 saturated heterocycles. The van der Waals surface area contributed by atoms with Gasteiger partial charge in [0, 0.05) is 0 Å². The second-order valence-corrected chi connectivity index (χ2v) is 5.16. The summed E-state index contributed by atoms with van der Waals surface area (Å²) in [6, 6.07) is 0. The molecule has 2 atom stereocenters. The van der Waals surface area contributed by atoms with Crippen molar-refractivity contribution in [2.45, 2.75) is 38.4 Å². The zero-order valence-electron chi connectivity index (χ0n) is 7.58. The Hall–Kier alpha value is -0.310. The highest BCUT2D eigenvalue weighted by Gasteiger charge is 2.33. The Bertz CT molecular complexity index is 264. The maximum atomic E-state index is 11.4. The van der Waals surface area contributed by atoms with Crippen LogP contribution in [0.1, 0.15) is 33.1 Å². The van der Waals surface area contributed by atoms with Gasteiger partial charge >= 0.3 is 0 Å². The van der Waals surface area contributed by atoms with Crippen LogP contribution in [0.3, 0.4) is 0 Å². The molecule has 0 N–H and O–H groups in total. The van der Waals surface area contributed by atoms with Crippen LogP contribution >= 0.6 is 0 Å². The molecule has 0 saturated carbocycles. The third-order valence-electron chi connectivity index (χ3n) is 2.37. The predicted molar refractivity (Wildman–Crippen MR) is 49.2 cm³/mol. The Balaban J connectivity index is 2.79. The fraction of sp³-hybridized carbons (Fsp3) is 0.778. The van der Waals surface area contributed by atoms with E-state index in [1.54, 1.807) is 6.08 Å². The summed E-state index contributed by atoms with van der Waals surface area (Å²) in [5.74, 6) is 0.204. The fourth-order valence-corrected chi connectivity index (χ4v) is 3.46. The van der Waals surface area contributed by atoms with Gasteiger partial charge in [0.1, 0.15) is 0 Å². The highest BCUT2D eigenvalue weighted by molar-refractivity contribution is 7.93. The molecule has 0 spiro atoms. The van der Waals surface area contributed by atoms with E-state index in [0.29, 0.717) is 0 Å². The van der Waals surface area contributed by atoms with E-state index in [9.17, 15) is 8.42 Å². The first-order valence-electron chi connectivity index (χ1n) is 4.46. The molecule has 1 rings (SSSR count). The summed E-state index contributed by atoms with van der Waals surface area (Å²) in [4.78, 5) is 0. The highest BCUT2D eigenvalue weighted by atomic mass is 32.2. The molecule has 0 amide bonds. The van der Waals surface area contributed by atoms with Crippen LogP contribution in [0.25, 0.3) is 0 Å². The van der Waals surface area contributed by atoms with Crippen molar-refractivity contribution in [1.82, 2.24) is 0 Å². The Morgan fingerprint density at radius 3 is 2.58 bits per heavy atom. The van der Waals surface area contributed by atoms with Gasteiger partial charge in [-0.25, -0.2) is 8.42 Å². The van der Waals surface area contributed by atoms with Crippen LogP contribution in [0.5, 0.6) is 0 Å². The first-order chi connectivity index (χ1) is 5.61. The molecule has 69 valence electrons. The first kappa shape index (κ1) is 9.78. The molecule has 1 heterocycles. The molecule has 12 heavy (non-hydrogen) atoms. The Labute approximate surface area is 74.6 Å². The summed E-state index contributed by atoms with van der Waals surface area (Å²) in [6.45, 7) is 4.03. The van der Waals surface area contributed by atoms with Gasteiger partial charge in [-0.1, -0.05) is 26.3 Å². The number of rotatable bonds is 3. The van der Waals surface area contributed by atoms with Gasteiger partial charge < -0.3 is 0 Å². The molecule has 0 aromatic rings. The largest absolute Gasteiger partial charge is 0.223 e. The monoisotopic (exact) mass is 187 g/mol. The van der Waals surface area contributed by atoms with Crippen LogP contribution in [0.2, 0.25) is 0 Å². The van der Waals surface area contributed by atoms with E-state index in [0.717, 1.165) is 19.3 Å². The number of allylic oxidation sites excluding steroid dienone is 1. The highest BCUT2D eigenvalue weighted by Crippen LogP contribution is 2.29. The van der Waals surface area contributed by atoms with E-state index in [1.165, 1.54) is 0 Å². The van der Waals surface area contributed by atoms with E-state index < -0.39 is 9.84 Å². The van der Waals surface area contributed by atoms with Crippen molar-refractivity contribution in [2.24, 2.45) is 5.92 Å². The van der Waals surface area contributed by atoms with E-state index in [4.69, 9.17) is 0 Å². The van der Waals surface area contributed by atoms with E-state index in [1.807, 2.05) is 13.8 Å². The topological polar surface area (TPSA) is 34.1 Å². The molecule has 0 fully saturated rings. The minimum atomic E-state index is -3.02. The van der Waals surface area contributed by atoms with Crippen LogP contribution in [0.15, 0.2) is 6.08 Å².